The predicted octanol–water partition coefficient (Wildman–Crippen LogP) is 2.41. The minimum absolute atomic E-state index is 0.153. The van der Waals surface area contributed by atoms with Crippen molar-refractivity contribution in [3.8, 4) is 11.5 Å². The molecule has 1 aromatic rings. The van der Waals surface area contributed by atoms with Crippen LogP contribution in [0.4, 0.5) is 0 Å². The average molecular weight is 379 g/mol. The summed E-state index contributed by atoms with van der Waals surface area (Å²) >= 11 is 0. The summed E-state index contributed by atoms with van der Waals surface area (Å²) in [5.41, 5.74) is 1.02. The van der Waals surface area contributed by atoms with Gasteiger partial charge < -0.3 is 25.0 Å². The van der Waals surface area contributed by atoms with Crippen LogP contribution in [0, 0.1) is 0 Å². The van der Waals surface area contributed by atoms with Crippen molar-refractivity contribution in [3.63, 3.8) is 0 Å². The van der Waals surface area contributed by atoms with Gasteiger partial charge >= 0.3 is 0 Å². The van der Waals surface area contributed by atoms with Crippen LogP contribution in [-0.2, 0) is 11.3 Å². The van der Waals surface area contributed by atoms with Gasteiger partial charge in [0.2, 0.25) is 5.91 Å². The molecule has 0 saturated heterocycles. The zero-order chi connectivity index (χ0) is 20.1. The van der Waals surface area contributed by atoms with Crippen LogP contribution in [0.1, 0.15) is 39.7 Å². The molecule has 0 fully saturated rings. The number of ether oxygens (including phenoxy) is 2. The van der Waals surface area contributed by atoms with Crippen molar-refractivity contribution in [3.05, 3.63) is 23.8 Å². The summed E-state index contributed by atoms with van der Waals surface area (Å²) in [7, 11) is 1.63. The van der Waals surface area contributed by atoms with Crippen LogP contribution in [0.3, 0.4) is 0 Å². The number of carbonyl (C=O) groups is 1. The molecular weight excluding hydrogens is 344 g/mol. The van der Waals surface area contributed by atoms with Gasteiger partial charge in [-0.05, 0) is 45.4 Å². The lowest BCUT2D eigenvalue weighted by molar-refractivity contribution is -0.130. The minimum Gasteiger partial charge on any atom is -0.493 e. The van der Waals surface area contributed by atoms with Crippen LogP contribution in [0.15, 0.2) is 23.2 Å². The first kappa shape index (κ1) is 22.6. The van der Waals surface area contributed by atoms with Gasteiger partial charge in [0.1, 0.15) is 0 Å². The fraction of sp³-hybridized carbons (Fsp3) is 0.600. The largest absolute Gasteiger partial charge is 0.493 e. The third-order valence-corrected chi connectivity index (χ3v) is 4.04. The van der Waals surface area contributed by atoms with Crippen molar-refractivity contribution < 1.29 is 14.3 Å². The monoisotopic (exact) mass is 378 g/mol. The van der Waals surface area contributed by atoms with Gasteiger partial charge in [-0.2, -0.15) is 0 Å². The van der Waals surface area contributed by atoms with E-state index in [0.29, 0.717) is 37.8 Å². The molecule has 1 rings (SSSR count). The summed E-state index contributed by atoms with van der Waals surface area (Å²) in [6.07, 6.45) is 0.448. The van der Waals surface area contributed by atoms with Crippen LogP contribution in [0.25, 0.3) is 0 Å². The maximum absolute atomic E-state index is 12.1. The summed E-state index contributed by atoms with van der Waals surface area (Å²) < 4.78 is 10.9. The lowest BCUT2D eigenvalue weighted by Crippen LogP contribution is -2.40. The highest BCUT2D eigenvalue weighted by atomic mass is 16.5. The number of methoxy groups -OCH3 is 1. The van der Waals surface area contributed by atoms with Gasteiger partial charge in [0, 0.05) is 32.6 Å². The van der Waals surface area contributed by atoms with E-state index >= 15 is 0 Å². The normalized spacial score (nSPS) is 11.1. The Balaban J connectivity index is 2.68. The number of benzene rings is 1. The van der Waals surface area contributed by atoms with Crippen LogP contribution < -0.4 is 20.1 Å². The Labute approximate surface area is 163 Å². The second kappa shape index (κ2) is 12.8. The molecule has 0 spiro atoms. The Morgan fingerprint density at radius 1 is 1.11 bits per heavy atom. The predicted molar refractivity (Wildman–Crippen MR) is 110 cm³/mol. The first-order chi connectivity index (χ1) is 13.1. The lowest BCUT2D eigenvalue weighted by Gasteiger charge is -2.19. The molecule has 0 aliphatic heterocycles. The number of aliphatic imine (C=N–C) groups is 1. The molecule has 1 amide bonds. The topological polar surface area (TPSA) is 75.2 Å². The molecule has 0 saturated carbocycles. The van der Waals surface area contributed by atoms with E-state index < -0.39 is 0 Å². The SMILES string of the molecule is CCNC(=NCc1ccc(OC)c(OCC)c1)NCCC(=O)N(CC)CC. The van der Waals surface area contributed by atoms with E-state index in [2.05, 4.69) is 15.6 Å². The summed E-state index contributed by atoms with van der Waals surface area (Å²) in [6, 6.07) is 5.80. The number of amides is 1. The lowest BCUT2D eigenvalue weighted by atomic mass is 10.2. The quantitative estimate of drug-likeness (QED) is 0.457. The van der Waals surface area contributed by atoms with Gasteiger partial charge in [-0.3, -0.25) is 4.79 Å². The summed E-state index contributed by atoms with van der Waals surface area (Å²) in [4.78, 5) is 18.5. The van der Waals surface area contributed by atoms with Gasteiger partial charge in [0.05, 0.1) is 20.3 Å². The Bertz CT molecular complexity index is 601. The average Bonchev–Trinajstić information content (AvgIpc) is 2.67. The van der Waals surface area contributed by atoms with Crippen molar-refractivity contribution in [2.24, 2.45) is 4.99 Å². The third-order valence-electron chi connectivity index (χ3n) is 4.04. The van der Waals surface area contributed by atoms with Crippen molar-refractivity contribution >= 4 is 11.9 Å². The Morgan fingerprint density at radius 3 is 2.44 bits per heavy atom. The zero-order valence-electron chi connectivity index (χ0n) is 17.3. The second-order valence-electron chi connectivity index (χ2n) is 5.86. The van der Waals surface area contributed by atoms with Crippen molar-refractivity contribution in [1.82, 2.24) is 15.5 Å². The van der Waals surface area contributed by atoms with E-state index in [1.54, 1.807) is 7.11 Å². The van der Waals surface area contributed by atoms with Gasteiger partial charge in [0.25, 0.3) is 0 Å². The van der Waals surface area contributed by atoms with Crippen LogP contribution in [-0.4, -0.2) is 56.7 Å². The smallest absolute Gasteiger partial charge is 0.224 e. The first-order valence-corrected chi connectivity index (χ1v) is 9.69. The van der Waals surface area contributed by atoms with Crippen LogP contribution >= 0.6 is 0 Å². The standard InChI is InChI=1S/C20H34N4O3/c1-6-21-20(22-13-12-19(25)24(7-2)8-3)23-15-16-10-11-17(26-5)18(14-16)27-9-4/h10-11,14H,6-9,12-13,15H2,1-5H3,(H2,21,22,23). The minimum atomic E-state index is 0.153. The molecule has 0 aromatic heterocycles. The van der Waals surface area contributed by atoms with Gasteiger partial charge in [-0.1, -0.05) is 6.07 Å². The number of hydrogen-bond donors (Lipinski definition) is 2. The molecule has 0 aliphatic rings. The van der Waals surface area contributed by atoms with E-state index in [0.717, 1.165) is 30.9 Å². The molecule has 1 aromatic carbocycles. The number of nitrogens with one attached hydrogen (secondary N) is 2. The molecule has 152 valence electrons. The van der Waals surface area contributed by atoms with E-state index in [-0.39, 0.29) is 5.91 Å². The molecule has 7 nitrogen and oxygen atoms in total. The fourth-order valence-electron chi connectivity index (χ4n) is 2.62. The molecular formula is C20H34N4O3. The fourth-order valence-corrected chi connectivity index (χ4v) is 2.62. The molecule has 0 aliphatic carbocycles. The van der Waals surface area contributed by atoms with Crippen molar-refractivity contribution in [1.29, 1.82) is 0 Å². The molecule has 2 N–H and O–H groups in total. The first-order valence-electron chi connectivity index (χ1n) is 9.69. The summed E-state index contributed by atoms with van der Waals surface area (Å²) in [5, 5.41) is 6.43. The number of rotatable bonds is 11. The van der Waals surface area contributed by atoms with E-state index in [1.807, 2.05) is 50.8 Å². The molecule has 0 radical (unpaired) electrons. The molecule has 7 heteroatoms. The van der Waals surface area contributed by atoms with Crippen LogP contribution in [0.5, 0.6) is 11.5 Å². The summed E-state index contributed by atoms with van der Waals surface area (Å²) in [5.74, 6) is 2.28. The maximum Gasteiger partial charge on any atom is 0.224 e. The molecule has 0 bridgehead atoms. The van der Waals surface area contributed by atoms with E-state index in [4.69, 9.17) is 9.47 Å². The maximum atomic E-state index is 12.1. The highest BCUT2D eigenvalue weighted by molar-refractivity contribution is 5.81. The Morgan fingerprint density at radius 2 is 1.85 bits per heavy atom. The summed E-state index contributed by atoms with van der Waals surface area (Å²) in [6.45, 7) is 11.8. The molecule has 0 heterocycles. The van der Waals surface area contributed by atoms with Gasteiger partial charge in [-0.15, -0.1) is 0 Å². The van der Waals surface area contributed by atoms with Crippen molar-refractivity contribution in [2.45, 2.75) is 40.7 Å². The molecule has 27 heavy (non-hydrogen) atoms. The zero-order valence-corrected chi connectivity index (χ0v) is 17.3. The third kappa shape index (κ3) is 7.76. The number of nitrogens with zero attached hydrogens (tertiary/aromatic N) is 2. The second-order valence-corrected chi connectivity index (χ2v) is 5.86. The Hall–Kier alpha value is -2.44. The number of guanidine groups is 1. The van der Waals surface area contributed by atoms with Gasteiger partial charge in [0.15, 0.2) is 17.5 Å². The highest BCUT2D eigenvalue weighted by Gasteiger charge is 2.09. The highest BCUT2D eigenvalue weighted by Crippen LogP contribution is 2.28. The van der Waals surface area contributed by atoms with Crippen LogP contribution in [0.2, 0.25) is 0 Å². The van der Waals surface area contributed by atoms with Crippen molar-refractivity contribution in [2.75, 3.05) is 39.9 Å². The van der Waals surface area contributed by atoms with E-state index in [9.17, 15) is 4.79 Å². The Kier molecular flexibility index (Phi) is 10.7. The van der Waals surface area contributed by atoms with Gasteiger partial charge in [-0.25, -0.2) is 4.99 Å². The molecule has 0 atom stereocenters. The van der Waals surface area contributed by atoms with E-state index in [1.165, 1.54) is 0 Å². The molecule has 0 unspecified atom stereocenters. The number of hydrogen-bond acceptors (Lipinski definition) is 4. The number of carbonyl (C=O) groups excluding carboxylic acids is 1.